The number of nitrogens with zero attached hydrogens (tertiary/aromatic N) is 1. The number of phenols is 1. The third-order valence-electron chi connectivity index (χ3n) is 6.61. The molecule has 2 fully saturated rings. The Balaban J connectivity index is 1.53. The molecule has 0 aromatic heterocycles. The summed E-state index contributed by atoms with van der Waals surface area (Å²) in [5.74, 6) is 0.216. The standard InChI is InChI=1S/C26H26ClN3O2/c1-16-10-11-20(21(31)14-16)23-22-24(29-28-23)26(32)30(13-12-17-6-3-2-4-7-17)25(22)18-8-5-9-19(27)15-18/h2-11,14-15,22-25,28-29,31H,12-13H2,1H3. The molecular formula is C26H26ClN3O2. The lowest BCUT2D eigenvalue weighted by Crippen LogP contribution is -2.42. The molecule has 6 heteroatoms. The molecule has 164 valence electrons. The van der Waals surface area contributed by atoms with Crippen molar-refractivity contribution >= 4 is 17.5 Å². The number of rotatable bonds is 5. The molecule has 0 radical (unpaired) electrons. The van der Waals surface area contributed by atoms with Gasteiger partial charge in [0.05, 0.1) is 12.1 Å². The fraction of sp³-hybridized carbons (Fsp3) is 0.269. The molecule has 32 heavy (non-hydrogen) atoms. The summed E-state index contributed by atoms with van der Waals surface area (Å²) < 4.78 is 0. The van der Waals surface area contributed by atoms with Crippen LogP contribution in [0.5, 0.6) is 5.75 Å². The number of aryl methyl sites for hydroxylation is 1. The van der Waals surface area contributed by atoms with Gasteiger partial charge in [0.2, 0.25) is 5.91 Å². The van der Waals surface area contributed by atoms with Crippen molar-refractivity contribution in [2.24, 2.45) is 5.92 Å². The highest BCUT2D eigenvalue weighted by Crippen LogP contribution is 2.48. The normalized spacial score (nSPS) is 24.7. The number of halogens is 1. The number of hydrazine groups is 1. The van der Waals surface area contributed by atoms with Crippen LogP contribution in [0.4, 0.5) is 0 Å². The van der Waals surface area contributed by atoms with E-state index < -0.39 is 0 Å². The minimum atomic E-state index is -0.375. The van der Waals surface area contributed by atoms with Crippen LogP contribution in [-0.4, -0.2) is 28.5 Å². The summed E-state index contributed by atoms with van der Waals surface area (Å²) in [6, 6.07) is 22.9. The van der Waals surface area contributed by atoms with Crippen LogP contribution >= 0.6 is 11.6 Å². The number of nitrogens with one attached hydrogen (secondary N) is 2. The van der Waals surface area contributed by atoms with E-state index in [4.69, 9.17) is 11.6 Å². The van der Waals surface area contributed by atoms with Crippen LogP contribution < -0.4 is 10.9 Å². The fourth-order valence-corrected chi connectivity index (χ4v) is 5.32. The van der Waals surface area contributed by atoms with E-state index in [0.717, 1.165) is 23.1 Å². The summed E-state index contributed by atoms with van der Waals surface area (Å²) in [6.07, 6.45) is 0.775. The maximum atomic E-state index is 13.5. The summed E-state index contributed by atoms with van der Waals surface area (Å²) in [5.41, 5.74) is 10.5. The minimum absolute atomic E-state index is 0.0671. The van der Waals surface area contributed by atoms with Crippen LogP contribution in [-0.2, 0) is 11.2 Å². The molecule has 0 bridgehead atoms. The van der Waals surface area contributed by atoms with Crippen molar-refractivity contribution in [2.75, 3.05) is 6.54 Å². The summed E-state index contributed by atoms with van der Waals surface area (Å²) in [6.45, 7) is 2.56. The second-order valence-electron chi connectivity index (χ2n) is 8.65. The second kappa shape index (κ2) is 8.58. The summed E-state index contributed by atoms with van der Waals surface area (Å²) in [5, 5.41) is 11.3. The van der Waals surface area contributed by atoms with Crippen molar-refractivity contribution in [3.63, 3.8) is 0 Å². The van der Waals surface area contributed by atoms with E-state index in [-0.39, 0.29) is 35.7 Å². The van der Waals surface area contributed by atoms with Gasteiger partial charge < -0.3 is 10.0 Å². The Kier molecular flexibility index (Phi) is 5.64. The highest BCUT2D eigenvalue weighted by atomic mass is 35.5. The molecule has 5 rings (SSSR count). The number of phenolic OH excluding ortho intramolecular Hbond substituents is 1. The van der Waals surface area contributed by atoms with Gasteiger partial charge >= 0.3 is 0 Å². The Hall–Kier alpha value is -2.86. The second-order valence-corrected chi connectivity index (χ2v) is 9.09. The third kappa shape index (κ3) is 3.77. The van der Waals surface area contributed by atoms with Gasteiger partial charge in [-0.15, -0.1) is 0 Å². The van der Waals surface area contributed by atoms with Crippen molar-refractivity contribution in [1.29, 1.82) is 0 Å². The first-order valence-corrected chi connectivity index (χ1v) is 11.3. The van der Waals surface area contributed by atoms with E-state index >= 15 is 0 Å². The zero-order valence-corrected chi connectivity index (χ0v) is 18.6. The Bertz CT molecular complexity index is 1140. The maximum Gasteiger partial charge on any atom is 0.242 e. The predicted molar refractivity (Wildman–Crippen MR) is 125 cm³/mol. The number of hydrogen-bond donors (Lipinski definition) is 3. The van der Waals surface area contributed by atoms with Crippen molar-refractivity contribution in [1.82, 2.24) is 15.8 Å². The molecule has 0 saturated carbocycles. The third-order valence-corrected chi connectivity index (χ3v) is 6.84. The summed E-state index contributed by atoms with van der Waals surface area (Å²) >= 11 is 6.34. The van der Waals surface area contributed by atoms with Crippen LogP contribution in [0.25, 0.3) is 0 Å². The molecule has 3 aromatic rings. The smallest absolute Gasteiger partial charge is 0.242 e. The van der Waals surface area contributed by atoms with Crippen LogP contribution in [0.3, 0.4) is 0 Å². The van der Waals surface area contributed by atoms with Gasteiger partial charge in [-0.25, -0.2) is 10.9 Å². The quantitative estimate of drug-likeness (QED) is 0.545. The van der Waals surface area contributed by atoms with Gasteiger partial charge in [-0.3, -0.25) is 4.79 Å². The zero-order valence-electron chi connectivity index (χ0n) is 17.8. The number of benzene rings is 3. The van der Waals surface area contributed by atoms with Gasteiger partial charge in [-0.2, -0.15) is 0 Å². The van der Waals surface area contributed by atoms with Crippen LogP contribution in [0.15, 0.2) is 72.8 Å². The molecule has 2 saturated heterocycles. The number of likely N-dealkylation sites (tertiary alicyclic amines) is 1. The molecule has 3 aromatic carbocycles. The molecule has 5 nitrogen and oxygen atoms in total. The lowest BCUT2D eigenvalue weighted by Gasteiger charge is -2.31. The molecule has 4 atom stereocenters. The summed E-state index contributed by atoms with van der Waals surface area (Å²) in [7, 11) is 0. The molecule has 2 aliphatic heterocycles. The number of carbonyl (C=O) groups is 1. The van der Waals surface area contributed by atoms with Gasteiger partial charge in [-0.05, 0) is 48.2 Å². The highest BCUT2D eigenvalue weighted by Gasteiger charge is 2.55. The van der Waals surface area contributed by atoms with E-state index in [9.17, 15) is 9.90 Å². The molecule has 0 spiro atoms. The average Bonchev–Trinajstić information content (AvgIpc) is 3.32. The highest BCUT2D eigenvalue weighted by molar-refractivity contribution is 6.30. The molecule has 4 unspecified atom stereocenters. The first-order valence-electron chi connectivity index (χ1n) is 10.9. The number of aromatic hydroxyl groups is 1. The van der Waals surface area contributed by atoms with Gasteiger partial charge in [0.25, 0.3) is 0 Å². The van der Waals surface area contributed by atoms with Crippen LogP contribution in [0.1, 0.15) is 34.3 Å². The Morgan fingerprint density at radius 2 is 1.75 bits per heavy atom. The Morgan fingerprint density at radius 3 is 2.50 bits per heavy atom. The molecule has 3 N–H and O–H groups in total. The van der Waals surface area contributed by atoms with E-state index in [2.05, 4.69) is 23.0 Å². The lowest BCUT2D eigenvalue weighted by atomic mass is 9.83. The van der Waals surface area contributed by atoms with E-state index in [1.165, 1.54) is 5.56 Å². The van der Waals surface area contributed by atoms with Gasteiger partial charge in [0.1, 0.15) is 11.8 Å². The molecular weight excluding hydrogens is 422 g/mol. The average molecular weight is 448 g/mol. The van der Waals surface area contributed by atoms with Crippen LogP contribution in [0, 0.1) is 12.8 Å². The lowest BCUT2D eigenvalue weighted by molar-refractivity contribution is -0.130. The van der Waals surface area contributed by atoms with E-state index in [1.807, 2.05) is 66.4 Å². The van der Waals surface area contributed by atoms with E-state index in [1.54, 1.807) is 6.07 Å². The van der Waals surface area contributed by atoms with Crippen LogP contribution in [0.2, 0.25) is 5.02 Å². The largest absolute Gasteiger partial charge is 0.508 e. The fourth-order valence-electron chi connectivity index (χ4n) is 5.12. The van der Waals surface area contributed by atoms with Gasteiger partial charge in [-0.1, -0.05) is 66.2 Å². The number of amides is 1. The first-order chi connectivity index (χ1) is 15.5. The van der Waals surface area contributed by atoms with Crippen molar-refractivity contribution in [3.05, 3.63) is 100 Å². The van der Waals surface area contributed by atoms with E-state index in [0.29, 0.717) is 11.6 Å². The predicted octanol–water partition coefficient (Wildman–Crippen LogP) is 4.31. The maximum absolute atomic E-state index is 13.5. The Morgan fingerprint density at radius 1 is 0.969 bits per heavy atom. The topological polar surface area (TPSA) is 64.6 Å². The van der Waals surface area contributed by atoms with Crippen molar-refractivity contribution in [3.8, 4) is 5.75 Å². The number of hydrogen-bond acceptors (Lipinski definition) is 4. The SMILES string of the molecule is Cc1ccc(C2NNC3C(=O)N(CCc4ccccc4)C(c4cccc(Cl)c4)C32)c(O)c1. The molecule has 0 aliphatic carbocycles. The minimum Gasteiger partial charge on any atom is -0.508 e. The molecule has 1 amide bonds. The summed E-state index contributed by atoms with van der Waals surface area (Å²) in [4.78, 5) is 15.5. The van der Waals surface area contributed by atoms with Gasteiger partial charge in [0, 0.05) is 23.0 Å². The first kappa shape index (κ1) is 21.0. The monoisotopic (exact) mass is 447 g/mol. The molecule has 2 heterocycles. The number of fused-ring (bicyclic) bond motifs is 1. The molecule has 2 aliphatic rings. The van der Waals surface area contributed by atoms with Crippen molar-refractivity contribution < 1.29 is 9.90 Å². The zero-order chi connectivity index (χ0) is 22.2. The van der Waals surface area contributed by atoms with Crippen molar-refractivity contribution in [2.45, 2.75) is 31.5 Å². The Labute approximate surface area is 193 Å². The number of carbonyl (C=O) groups excluding carboxylic acids is 1. The van der Waals surface area contributed by atoms with Gasteiger partial charge in [0.15, 0.2) is 0 Å².